The number of aliphatic hydroxyl groups is 1. The molecule has 3 heteroatoms. The summed E-state index contributed by atoms with van der Waals surface area (Å²) in [5.74, 6) is 0. The summed E-state index contributed by atoms with van der Waals surface area (Å²) < 4.78 is 5.12. The molecule has 0 aromatic rings. The van der Waals surface area contributed by atoms with E-state index in [0.29, 0.717) is 0 Å². The topological polar surface area (TPSA) is 32.7 Å². The fraction of sp³-hybridized carbons (Fsp3) is 1.00. The van der Waals surface area contributed by atoms with Crippen LogP contribution in [0.5, 0.6) is 0 Å². The van der Waals surface area contributed by atoms with E-state index in [2.05, 4.69) is 4.90 Å². The Kier molecular flexibility index (Phi) is 3.30. The molecule has 3 nitrogen and oxygen atoms in total. The number of ether oxygens (including phenoxy) is 1. The van der Waals surface area contributed by atoms with Crippen LogP contribution >= 0.6 is 0 Å². The van der Waals surface area contributed by atoms with Crippen LogP contribution in [0, 0.1) is 0 Å². The summed E-state index contributed by atoms with van der Waals surface area (Å²) in [6.07, 6.45) is 1.08. The van der Waals surface area contributed by atoms with Crippen molar-refractivity contribution in [2.45, 2.75) is 25.6 Å². The van der Waals surface area contributed by atoms with E-state index < -0.39 is 0 Å². The first-order chi connectivity index (χ1) is 5.22. The van der Waals surface area contributed by atoms with Gasteiger partial charge in [-0.25, -0.2) is 0 Å². The van der Waals surface area contributed by atoms with Gasteiger partial charge in [0.05, 0.1) is 12.2 Å². The third-order valence-corrected chi connectivity index (χ3v) is 2.17. The predicted octanol–water partition coefficient (Wildman–Crippen LogP) is 0.0879. The van der Waals surface area contributed by atoms with Gasteiger partial charge in [0.25, 0.3) is 0 Å². The standard InChI is InChI=1S/C8H17NO2/c1-7(11-2)5-9-4-3-8(10)6-9/h7-8,10H,3-6H2,1-2H3/t7?,8-/m1/s1. The van der Waals surface area contributed by atoms with E-state index in [4.69, 9.17) is 4.74 Å². The zero-order valence-corrected chi connectivity index (χ0v) is 7.29. The molecule has 0 aromatic carbocycles. The Hall–Kier alpha value is -0.120. The molecule has 0 aromatic heterocycles. The maximum absolute atomic E-state index is 9.20. The predicted molar refractivity (Wildman–Crippen MR) is 43.5 cm³/mol. The van der Waals surface area contributed by atoms with Crippen molar-refractivity contribution in [2.24, 2.45) is 0 Å². The number of β-amino-alcohol motifs (C(OH)–C–C–N with tert-alkyl or cyclic N) is 1. The van der Waals surface area contributed by atoms with E-state index >= 15 is 0 Å². The largest absolute Gasteiger partial charge is 0.392 e. The zero-order valence-electron chi connectivity index (χ0n) is 7.29. The Labute approximate surface area is 68.0 Å². The van der Waals surface area contributed by atoms with Crippen LogP contribution in [0.25, 0.3) is 0 Å². The lowest BCUT2D eigenvalue weighted by molar-refractivity contribution is 0.0794. The number of hydrogen-bond acceptors (Lipinski definition) is 3. The van der Waals surface area contributed by atoms with Crippen molar-refractivity contribution in [3.63, 3.8) is 0 Å². The van der Waals surface area contributed by atoms with Crippen LogP contribution in [-0.4, -0.2) is 49.0 Å². The van der Waals surface area contributed by atoms with Gasteiger partial charge in [-0.15, -0.1) is 0 Å². The molecule has 1 aliphatic rings. The van der Waals surface area contributed by atoms with Gasteiger partial charge in [0.2, 0.25) is 0 Å². The number of nitrogens with zero attached hydrogens (tertiary/aromatic N) is 1. The third-order valence-electron chi connectivity index (χ3n) is 2.17. The summed E-state index contributed by atoms with van der Waals surface area (Å²) in [6.45, 7) is 4.81. The van der Waals surface area contributed by atoms with Crippen LogP contribution in [0.4, 0.5) is 0 Å². The summed E-state index contributed by atoms with van der Waals surface area (Å²) in [4.78, 5) is 2.23. The molecule has 0 radical (unpaired) electrons. The second-order valence-electron chi connectivity index (χ2n) is 3.25. The molecule has 1 aliphatic heterocycles. The maximum Gasteiger partial charge on any atom is 0.0679 e. The van der Waals surface area contributed by atoms with Crippen molar-refractivity contribution in [3.05, 3.63) is 0 Å². The van der Waals surface area contributed by atoms with Gasteiger partial charge in [-0.05, 0) is 13.3 Å². The van der Waals surface area contributed by atoms with Gasteiger partial charge in [-0.1, -0.05) is 0 Å². The van der Waals surface area contributed by atoms with Gasteiger partial charge < -0.3 is 9.84 Å². The number of aliphatic hydroxyl groups excluding tert-OH is 1. The van der Waals surface area contributed by atoms with Crippen molar-refractivity contribution in [1.29, 1.82) is 0 Å². The lowest BCUT2D eigenvalue weighted by atomic mass is 10.3. The van der Waals surface area contributed by atoms with E-state index in [1.54, 1.807) is 7.11 Å². The minimum Gasteiger partial charge on any atom is -0.392 e. The average molecular weight is 159 g/mol. The second-order valence-corrected chi connectivity index (χ2v) is 3.25. The summed E-state index contributed by atoms with van der Waals surface area (Å²) >= 11 is 0. The fourth-order valence-corrected chi connectivity index (χ4v) is 1.42. The first-order valence-electron chi connectivity index (χ1n) is 4.15. The molecule has 2 atom stereocenters. The minimum absolute atomic E-state index is 0.112. The van der Waals surface area contributed by atoms with Crippen LogP contribution in [0.1, 0.15) is 13.3 Å². The Bertz CT molecular complexity index is 119. The Morgan fingerprint density at radius 3 is 2.91 bits per heavy atom. The van der Waals surface area contributed by atoms with Crippen LogP contribution < -0.4 is 0 Å². The molecule has 0 aliphatic carbocycles. The summed E-state index contributed by atoms with van der Waals surface area (Å²) in [6, 6.07) is 0. The monoisotopic (exact) mass is 159 g/mol. The second kappa shape index (κ2) is 4.04. The Morgan fingerprint density at radius 1 is 1.73 bits per heavy atom. The van der Waals surface area contributed by atoms with Gasteiger partial charge in [-0.2, -0.15) is 0 Å². The molecule has 1 N–H and O–H groups in total. The fourth-order valence-electron chi connectivity index (χ4n) is 1.42. The first kappa shape index (κ1) is 8.97. The Balaban J connectivity index is 2.17. The number of rotatable bonds is 3. The lowest BCUT2D eigenvalue weighted by Crippen LogP contribution is -2.30. The van der Waals surface area contributed by atoms with Crippen molar-refractivity contribution in [2.75, 3.05) is 26.7 Å². The normalized spacial score (nSPS) is 29.2. The van der Waals surface area contributed by atoms with Gasteiger partial charge in [0.1, 0.15) is 0 Å². The van der Waals surface area contributed by atoms with Crippen LogP contribution in [0.3, 0.4) is 0 Å². The van der Waals surface area contributed by atoms with Crippen LogP contribution in [0.2, 0.25) is 0 Å². The minimum atomic E-state index is -0.112. The molecule has 66 valence electrons. The van der Waals surface area contributed by atoms with E-state index in [9.17, 15) is 5.11 Å². The maximum atomic E-state index is 9.20. The molecule has 1 saturated heterocycles. The van der Waals surface area contributed by atoms with Gasteiger partial charge in [-0.3, -0.25) is 4.90 Å². The number of hydrogen-bond donors (Lipinski definition) is 1. The SMILES string of the molecule is COC(C)CN1CC[C@@H](O)C1. The quantitative estimate of drug-likeness (QED) is 0.633. The van der Waals surface area contributed by atoms with E-state index in [1.165, 1.54) is 0 Å². The molecule has 0 saturated carbocycles. The summed E-state index contributed by atoms with van der Waals surface area (Å²) in [5.41, 5.74) is 0. The van der Waals surface area contributed by atoms with Crippen molar-refractivity contribution in [1.82, 2.24) is 4.90 Å². The van der Waals surface area contributed by atoms with Crippen LogP contribution in [-0.2, 0) is 4.74 Å². The smallest absolute Gasteiger partial charge is 0.0679 e. The molecule has 1 rings (SSSR count). The highest BCUT2D eigenvalue weighted by molar-refractivity contribution is 4.75. The highest BCUT2D eigenvalue weighted by Crippen LogP contribution is 2.09. The lowest BCUT2D eigenvalue weighted by Gasteiger charge is -2.18. The molecule has 0 amide bonds. The van der Waals surface area contributed by atoms with E-state index in [1.807, 2.05) is 6.92 Å². The van der Waals surface area contributed by atoms with Gasteiger partial charge >= 0.3 is 0 Å². The molecular weight excluding hydrogens is 142 g/mol. The van der Waals surface area contributed by atoms with Crippen LogP contribution in [0.15, 0.2) is 0 Å². The van der Waals surface area contributed by atoms with E-state index in [0.717, 1.165) is 26.1 Å². The van der Waals surface area contributed by atoms with Gasteiger partial charge in [0.15, 0.2) is 0 Å². The van der Waals surface area contributed by atoms with Crippen molar-refractivity contribution < 1.29 is 9.84 Å². The molecule has 1 heterocycles. The molecule has 0 spiro atoms. The molecule has 1 unspecified atom stereocenters. The summed E-state index contributed by atoms with van der Waals surface area (Å²) in [7, 11) is 1.72. The van der Waals surface area contributed by atoms with Crippen molar-refractivity contribution >= 4 is 0 Å². The molecule has 0 bridgehead atoms. The highest BCUT2D eigenvalue weighted by atomic mass is 16.5. The molecule has 1 fully saturated rings. The number of likely N-dealkylation sites (tertiary alicyclic amines) is 1. The zero-order chi connectivity index (χ0) is 8.27. The molecule has 11 heavy (non-hydrogen) atoms. The van der Waals surface area contributed by atoms with Crippen molar-refractivity contribution in [3.8, 4) is 0 Å². The average Bonchev–Trinajstić information content (AvgIpc) is 2.35. The first-order valence-corrected chi connectivity index (χ1v) is 4.15. The highest BCUT2D eigenvalue weighted by Gasteiger charge is 2.20. The van der Waals surface area contributed by atoms with Gasteiger partial charge in [0, 0.05) is 26.7 Å². The third kappa shape index (κ3) is 2.77. The number of methoxy groups -OCH3 is 1. The molecular formula is C8H17NO2. The Morgan fingerprint density at radius 2 is 2.45 bits per heavy atom. The summed E-state index contributed by atoms with van der Waals surface area (Å²) in [5, 5.41) is 9.20. The van der Waals surface area contributed by atoms with E-state index in [-0.39, 0.29) is 12.2 Å².